The maximum Gasteiger partial charge on any atom is 0.269 e. The van der Waals surface area contributed by atoms with Gasteiger partial charge in [0.15, 0.2) is 0 Å². The molecular formula is C21H24N2O3. The van der Waals surface area contributed by atoms with E-state index in [0.717, 1.165) is 24.0 Å². The van der Waals surface area contributed by atoms with Gasteiger partial charge in [-0.15, -0.1) is 0 Å². The van der Waals surface area contributed by atoms with E-state index in [9.17, 15) is 14.9 Å². The highest BCUT2D eigenvalue weighted by Crippen LogP contribution is 2.29. The van der Waals surface area contributed by atoms with Crippen LogP contribution in [0.4, 0.5) is 5.69 Å². The highest BCUT2D eigenvalue weighted by atomic mass is 16.6. The lowest BCUT2D eigenvalue weighted by Crippen LogP contribution is -2.33. The Morgan fingerprint density at radius 2 is 1.65 bits per heavy atom. The van der Waals surface area contributed by atoms with E-state index in [-0.39, 0.29) is 18.0 Å². The number of rotatable bonds is 7. The molecule has 26 heavy (non-hydrogen) atoms. The molecule has 0 aliphatic heterocycles. The molecule has 0 unspecified atom stereocenters. The van der Waals surface area contributed by atoms with Crippen molar-refractivity contribution in [1.82, 2.24) is 4.90 Å². The van der Waals surface area contributed by atoms with Gasteiger partial charge in [0.2, 0.25) is 5.91 Å². The quantitative estimate of drug-likeness (QED) is 0.546. The lowest BCUT2D eigenvalue weighted by Gasteiger charge is -2.23. The Bertz CT molecular complexity index is 778. The van der Waals surface area contributed by atoms with Crippen molar-refractivity contribution in [3.05, 3.63) is 75.3 Å². The van der Waals surface area contributed by atoms with Gasteiger partial charge in [-0.1, -0.05) is 50.2 Å². The second kappa shape index (κ2) is 7.68. The zero-order chi connectivity index (χ0) is 18.7. The lowest BCUT2D eigenvalue weighted by atomic mass is 10.0. The molecule has 1 saturated carbocycles. The van der Waals surface area contributed by atoms with E-state index < -0.39 is 4.92 Å². The number of nitro benzene ring substituents is 1. The number of benzene rings is 2. The smallest absolute Gasteiger partial charge is 0.269 e. The van der Waals surface area contributed by atoms with Crippen molar-refractivity contribution < 1.29 is 9.72 Å². The third kappa shape index (κ3) is 4.48. The molecule has 1 aliphatic carbocycles. The Labute approximate surface area is 153 Å². The maximum atomic E-state index is 12.8. The Balaban J connectivity index is 1.67. The van der Waals surface area contributed by atoms with Gasteiger partial charge in [-0.05, 0) is 35.4 Å². The summed E-state index contributed by atoms with van der Waals surface area (Å²) in [5.74, 6) is 0.571. The number of hydrogen-bond acceptors (Lipinski definition) is 3. The van der Waals surface area contributed by atoms with Crippen molar-refractivity contribution in [3.63, 3.8) is 0 Å². The zero-order valence-corrected chi connectivity index (χ0v) is 15.2. The van der Waals surface area contributed by atoms with Crippen LogP contribution in [0.2, 0.25) is 0 Å². The van der Waals surface area contributed by atoms with Gasteiger partial charge in [-0.2, -0.15) is 0 Å². The molecule has 5 nitrogen and oxygen atoms in total. The average molecular weight is 352 g/mol. The lowest BCUT2D eigenvalue weighted by molar-refractivity contribution is -0.384. The maximum absolute atomic E-state index is 12.8. The number of amides is 1. The van der Waals surface area contributed by atoms with E-state index in [1.54, 1.807) is 12.1 Å². The van der Waals surface area contributed by atoms with Crippen LogP contribution in [0.25, 0.3) is 0 Å². The molecule has 136 valence electrons. The molecule has 0 bridgehead atoms. The first-order valence-corrected chi connectivity index (χ1v) is 9.05. The topological polar surface area (TPSA) is 63.5 Å². The first-order chi connectivity index (χ1) is 12.4. The first-order valence-electron chi connectivity index (χ1n) is 9.05. The molecule has 1 fully saturated rings. The van der Waals surface area contributed by atoms with Crippen molar-refractivity contribution in [3.8, 4) is 0 Å². The molecule has 0 spiro atoms. The van der Waals surface area contributed by atoms with Crippen LogP contribution in [0.1, 0.15) is 49.3 Å². The Morgan fingerprint density at radius 1 is 1.08 bits per heavy atom. The predicted molar refractivity (Wildman–Crippen MR) is 101 cm³/mol. The molecule has 0 heterocycles. The monoisotopic (exact) mass is 352 g/mol. The Kier molecular flexibility index (Phi) is 5.35. The third-order valence-electron chi connectivity index (χ3n) is 4.81. The summed E-state index contributed by atoms with van der Waals surface area (Å²) in [7, 11) is 0. The first kappa shape index (κ1) is 18.1. The van der Waals surface area contributed by atoms with E-state index in [2.05, 4.69) is 38.1 Å². The molecule has 0 radical (unpaired) electrons. The Hall–Kier alpha value is -2.69. The Morgan fingerprint density at radius 3 is 2.15 bits per heavy atom. The van der Waals surface area contributed by atoms with E-state index in [4.69, 9.17) is 0 Å². The summed E-state index contributed by atoms with van der Waals surface area (Å²) >= 11 is 0. The highest BCUT2D eigenvalue weighted by Gasteiger charge is 2.32. The van der Waals surface area contributed by atoms with Crippen LogP contribution >= 0.6 is 0 Å². The summed E-state index contributed by atoms with van der Waals surface area (Å²) in [5, 5.41) is 10.7. The number of hydrogen-bond donors (Lipinski definition) is 0. The molecular weight excluding hydrogens is 328 g/mol. The fourth-order valence-corrected chi connectivity index (χ4v) is 3.02. The van der Waals surface area contributed by atoms with Crippen LogP contribution in [0.15, 0.2) is 48.5 Å². The van der Waals surface area contributed by atoms with Crippen molar-refractivity contribution in [2.24, 2.45) is 0 Å². The van der Waals surface area contributed by atoms with Gasteiger partial charge in [0.05, 0.1) is 11.3 Å². The molecule has 5 heteroatoms. The van der Waals surface area contributed by atoms with Crippen molar-refractivity contribution in [2.75, 3.05) is 0 Å². The standard InChI is InChI=1S/C21H24N2O3/c1-15(2)18-7-3-17(4-8-18)14-22(19-11-12-19)21(24)13-16-5-9-20(10-6-16)23(25)26/h3-10,15,19H,11-14H2,1-2H3. The highest BCUT2D eigenvalue weighted by molar-refractivity contribution is 5.79. The van der Waals surface area contributed by atoms with Crippen LogP contribution < -0.4 is 0 Å². The van der Waals surface area contributed by atoms with Crippen molar-refractivity contribution in [2.45, 2.75) is 51.6 Å². The van der Waals surface area contributed by atoms with Gasteiger partial charge < -0.3 is 4.90 Å². The van der Waals surface area contributed by atoms with Gasteiger partial charge in [-0.3, -0.25) is 14.9 Å². The second-order valence-corrected chi connectivity index (χ2v) is 7.25. The number of nitrogens with zero attached hydrogens (tertiary/aromatic N) is 2. The summed E-state index contributed by atoms with van der Waals surface area (Å²) in [6, 6.07) is 15.0. The molecule has 2 aromatic rings. The van der Waals surface area contributed by atoms with Crippen LogP contribution in [0, 0.1) is 10.1 Å². The second-order valence-electron chi connectivity index (χ2n) is 7.25. The predicted octanol–water partition coefficient (Wildman–Crippen LogP) is 4.45. The summed E-state index contributed by atoms with van der Waals surface area (Å²) in [4.78, 5) is 25.0. The van der Waals surface area contributed by atoms with Crippen molar-refractivity contribution in [1.29, 1.82) is 0 Å². The van der Waals surface area contributed by atoms with Crippen LogP contribution in [-0.2, 0) is 17.8 Å². The van der Waals surface area contributed by atoms with E-state index in [1.165, 1.54) is 17.7 Å². The molecule has 0 atom stereocenters. The fraction of sp³-hybridized carbons (Fsp3) is 0.381. The molecule has 0 saturated heterocycles. The molecule has 0 aromatic heterocycles. The minimum atomic E-state index is -0.428. The van der Waals surface area contributed by atoms with Gasteiger partial charge in [0, 0.05) is 24.7 Å². The minimum Gasteiger partial charge on any atom is -0.335 e. The van der Waals surface area contributed by atoms with Gasteiger partial charge in [0.25, 0.3) is 5.69 Å². The molecule has 2 aromatic carbocycles. The third-order valence-corrected chi connectivity index (χ3v) is 4.81. The van der Waals surface area contributed by atoms with E-state index in [1.807, 2.05) is 4.90 Å². The molecule has 1 aliphatic rings. The SMILES string of the molecule is CC(C)c1ccc(CN(C(=O)Cc2ccc([N+](=O)[O-])cc2)C2CC2)cc1. The minimum absolute atomic E-state index is 0.0468. The fourth-order valence-electron chi connectivity index (χ4n) is 3.02. The van der Waals surface area contributed by atoms with Crippen LogP contribution in [0.3, 0.4) is 0 Å². The average Bonchev–Trinajstić information content (AvgIpc) is 3.45. The largest absolute Gasteiger partial charge is 0.335 e. The molecule has 0 N–H and O–H groups in total. The summed E-state index contributed by atoms with van der Waals surface area (Å²) in [5.41, 5.74) is 3.29. The van der Waals surface area contributed by atoms with Gasteiger partial charge in [0.1, 0.15) is 0 Å². The summed E-state index contributed by atoms with van der Waals surface area (Å²) < 4.78 is 0. The summed E-state index contributed by atoms with van der Waals surface area (Å²) in [6.45, 7) is 4.95. The van der Waals surface area contributed by atoms with E-state index >= 15 is 0 Å². The van der Waals surface area contributed by atoms with Gasteiger partial charge >= 0.3 is 0 Å². The summed E-state index contributed by atoms with van der Waals surface area (Å²) in [6.07, 6.45) is 2.38. The zero-order valence-electron chi connectivity index (χ0n) is 15.2. The van der Waals surface area contributed by atoms with Gasteiger partial charge in [-0.25, -0.2) is 0 Å². The molecule has 3 rings (SSSR count). The van der Waals surface area contributed by atoms with Crippen LogP contribution in [0.5, 0.6) is 0 Å². The van der Waals surface area contributed by atoms with Crippen LogP contribution in [-0.4, -0.2) is 21.8 Å². The number of nitro groups is 1. The van der Waals surface area contributed by atoms with Crippen molar-refractivity contribution >= 4 is 11.6 Å². The number of non-ortho nitro benzene ring substituents is 1. The van der Waals surface area contributed by atoms with E-state index in [0.29, 0.717) is 18.5 Å². The number of carbonyl (C=O) groups is 1. The molecule has 1 amide bonds. The normalized spacial score (nSPS) is 13.7. The number of carbonyl (C=O) groups excluding carboxylic acids is 1.